The first-order chi connectivity index (χ1) is 41.0. The van der Waals surface area contributed by atoms with Crippen molar-refractivity contribution in [3.05, 3.63) is 48.6 Å². The standard InChI is InChI=1S/C77H145NO5/c1-3-5-7-9-11-13-15-17-19-20-36-40-43-47-51-55-59-63-67-71-77(82)83-72-68-64-60-56-52-48-44-41-38-35-33-31-29-27-25-23-21-22-24-26-28-30-32-34-37-39-42-46-50-54-58-62-66-70-76(81)78-74(73-79)75(80)69-65-61-57-53-49-45-18-16-14-12-10-8-6-4-2/h11,13,17,19,25,27,65,69,74-75,79-80H,3-10,12,14-16,18,20-24,26,28-64,66-68,70-73H2,1-2H3,(H,78,81)/b13-11-,19-17-,27-25-,69-65+. The van der Waals surface area contributed by atoms with Crippen LogP contribution >= 0.6 is 0 Å². The molecule has 0 heterocycles. The predicted molar refractivity (Wildman–Crippen MR) is 366 cm³/mol. The molecule has 0 bridgehead atoms. The predicted octanol–water partition coefficient (Wildman–Crippen LogP) is 24.4. The summed E-state index contributed by atoms with van der Waals surface area (Å²) in [4.78, 5) is 24.6. The van der Waals surface area contributed by atoms with Crippen LogP contribution in [0.15, 0.2) is 48.6 Å². The van der Waals surface area contributed by atoms with E-state index in [1.54, 1.807) is 6.08 Å². The first-order valence-corrected chi connectivity index (χ1v) is 37.4. The summed E-state index contributed by atoms with van der Waals surface area (Å²) in [7, 11) is 0. The zero-order valence-electron chi connectivity index (χ0n) is 55.9. The van der Waals surface area contributed by atoms with Gasteiger partial charge in [0.05, 0.1) is 25.4 Å². The lowest BCUT2D eigenvalue weighted by Crippen LogP contribution is -2.45. The molecular weight excluding hydrogens is 1020 g/mol. The van der Waals surface area contributed by atoms with Gasteiger partial charge in [-0.05, 0) is 89.9 Å². The van der Waals surface area contributed by atoms with Crippen molar-refractivity contribution in [1.82, 2.24) is 5.32 Å². The fourth-order valence-electron chi connectivity index (χ4n) is 11.6. The SMILES string of the molecule is CCCCC/C=C\C/C=C\CCCCCCCCCCCC(=O)OCCCCCCCCCCCCCC/C=C\CCCCCCCCCCCCCCCCCCCC(=O)NC(CO)C(O)/C=C/CCCCCCCCCCCCCC. The van der Waals surface area contributed by atoms with Crippen molar-refractivity contribution in [2.75, 3.05) is 13.2 Å². The average Bonchev–Trinajstić information content (AvgIpc) is 3.49. The second kappa shape index (κ2) is 72.3. The average molecular weight is 1170 g/mol. The number of nitrogens with one attached hydrogen (secondary N) is 1. The topological polar surface area (TPSA) is 95.9 Å². The molecule has 0 spiro atoms. The van der Waals surface area contributed by atoms with Crippen LogP contribution in [0.4, 0.5) is 0 Å². The minimum Gasteiger partial charge on any atom is -0.466 e. The van der Waals surface area contributed by atoms with Crippen molar-refractivity contribution in [3.8, 4) is 0 Å². The first-order valence-electron chi connectivity index (χ1n) is 37.4. The first kappa shape index (κ1) is 80.8. The van der Waals surface area contributed by atoms with Gasteiger partial charge in [-0.25, -0.2) is 0 Å². The molecule has 0 rings (SSSR count). The van der Waals surface area contributed by atoms with E-state index in [2.05, 4.69) is 55.6 Å². The van der Waals surface area contributed by atoms with Crippen LogP contribution < -0.4 is 5.32 Å². The Labute approximate surface area is 518 Å². The monoisotopic (exact) mass is 1160 g/mol. The van der Waals surface area contributed by atoms with Gasteiger partial charge in [0.25, 0.3) is 0 Å². The van der Waals surface area contributed by atoms with Crippen molar-refractivity contribution in [2.45, 2.75) is 418 Å². The maximum absolute atomic E-state index is 12.5. The number of unbranched alkanes of at least 4 members (excludes halogenated alkanes) is 53. The van der Waals surface area contributed by atoms with E-state index in [-0.39, 0.29) is 18.5 Å². The second-order valence-corrected chi connectivity index (χ2v) is 25.6. The van der Waals surface area contributed by atoms with Gasteiger partial charge in [0, 0.05) is 12.8 Å². The second-order valence-electron chi connectivity index (χ2n) is 25.6. The van der Waals surface area contributed by atoms with Crippen LogP contribution in [0.5, 0.6) is 0 Å². The summed E-state index contributed by atoms with van der Waals surface area (Å²) >= 11 is 0. The van der Waals surface area contributed by atoms with Crippen LogP contribution in [-0.2, 0) is 14.3 Å². The third-order valence-corrected chi connectivity index (χ3v) is 17.3. The minimum atomic E-state index is -0.842. The number of aliphatic hydroxyl groups excluding tert-OH is 2. The molecule has 0 saturated carbocycles. The van der Waals surface area contributed by atoms with E-state index in [4.69, 9.17) is 4.74 Å². The Morgan fingerprint density at radius 3 is 0.952 bits per heavy atom. The van der Waals surface area contributed by atoms with Crippen molar-refractivity contribution < 1.29 is 24.5 Å². The largest absolute Gasteiger partial charge is 0.466 e. The number of hydrogen-bond donors (Lipinski definition) is 3. The quantitative estimate of drug-likeness (QED) is 0.0320. The van der Waals surface area contributed by atoms with E-state index in [1.165, 1.54) is 327 Å². The Kier molecular flexibility index (Phi) is 70.4. The van der Waals surface area contributed by atoms with Crippen LogP contribution in [0.2, 0.25) is 0 Å². The highest BCUT2D eigenvalue weighted by atomic mass is 16.5. The van der Waals surface area contributed by atoms with E-state index < -0.39 is 12.1 Å². The number of carbonyl (C=O) groups excluding carboxylic acids is 2. The van der Waals surface area contributed by atoms with Gasteiger partial charge in [0.15, 0.2) is 0 Å². The van der Waals surface area contributed by atoms with E-state index in [0.717, 1.165) is 51.4 Å². The Balaban J connectivity index is 3.35. The Bertz CT molecular complexity index is 1390. The number of ether oxygens (including phenoxy) is 1. The molecule has 6 nitrogen and oxygen atoms in total. The highest BCUT2D eigenvalue weighted by Crippen LogP contribution is 2.19. The number of rotatable bonds is 70. The summed E-state index contributed by atoms with van der Waals surface area (Å²) in [5.74, 6) is -0.0483. The highest BCUT2D eigenvalue weighted by Gasteiger charge is 2.18. The minimum absolute atomic E-state index is 0.0149. The lowest BCUT2D eigenvalue weighted by Gasteiger charge is -2.20. The van der Waals surface area contributed by atoms with Gasteiger partial charge in [0.1, 0.15) is 0 Å². The molecule has 0 radical (unpaired) electrons. The summed E-state index contributed by atoms with van der Waals surface area (Å²) in [5, 5.41) is 23.2. The van der Waals surface area contributed by atoms with Crippen LogP contribution in [0.3, 0.4) is 0 Å². The third-order valence-electron chi connectivity index (χ3n) is 17.3. The third kappa shape index (κ3) is 68.8. The summed E-state index contributed by atoms with van der Waals surface area (Å²) < 4.78 is 5.51. The van der Waals surface area contributed by atoms with Crippen LogP contribution in [0, 0.1) is 0 Å². The van der Waals surface area contributed by atoms with Crippen molar-refractivity contribution in [1.29, 1.82) is 0 Å². The lowest BCUT2D eigenvalue weighted by molar-refractivity contribution is -0.143. The summed E-state index contributed by atoms with van der Waals surface area (Å²) in [5.41, 5.74) is 0. The molecule has 2 unspecified atom stereocenters. The fraction of sp³-hybridized carbons (Fsp3) is 0.870. The normalized spacial score (nSPS) is 12.8. The highest BCUT2D eigenvalue weighted by molar-refractivity contribution is 5.76. The number of hydrogen-bond acceptors (Lipinski definition) is 5. The summed E-state index contributed by atoms with van der Waals surface area (Å²) in [6, 6.07) is -0.625. The van der Waals surface area contributed by atoms with E-state index in [9.17, 15) is 19.8 Å². The molecule has 0 aromatic carbocycles. The van der Waals surface area contributed by atoms with Gasteiger partial charge in [-0.15, -0.1) is 0 Å². The fourth-order valence-corrected chi connectivity index (χ4v) is 11.6. The number of carbonyl (C=O) groups is 2. The molecule has 6 heteroatoms. The maximum atomic E-state index is 12.5. The molecular formula is C77H145NO5. The van der Waals surface area contributed by atoms with Crippen LogP contribution in [0.1, 0.15) is 406 Å². The molecule has 83 heavy (non-hydrogen) atoms. The van der Waals surface area contributed by atoms with E-state index in [1.807, 2.05) is 6.08 Å². The molecule has 0 aliphatic heterocycles. The molecule has 0 aliphatic rings. The van der Waals surface area contributed by atoms with Gasteiger partial charge in [-0.2, -0.15) is 0 Å². The van der Waals surface area contributed by atoms with Crippen LogP contribution in [0.25, 0.3) is 0 Å². The lowest BCUT2D eigenvalue weighted by atomic mass is 10.0. The van der Waals surface area contributed by atoms with Crippen molar-refractivity contribution in [2.24, 2.45) is 0 Å². The van der Waals surface area contributed by atoms with E-state index >= 15 is 0 Å². The molecule has 0 aromatic heterocycles. The number of allylic oxidation sites excluding steroid dienone is 7. The Morgan fingerprint density at radius 1 is 0.337 bits per heavy atom. The molecule has 0 aliphatic carbocycles. The molecule has 0 saturated heterocycles. The molecule has 0 fully saturated rings. The maximum Gasteiger partial charge on any atom is 0.305 e. The summed E-state index contributed by atoms with van der Waals surface area (Å²) in [6.07, 6.45) is 95.0. The molecule has 2 atom stereocenters. The zero-order valence-corrected chi connectivity index (χ0v) is 55.9. The van der Waals surface area contributed by atoms with Gasteiger partial charge in [0.2, 0.25) is 5.91 Å². The van der Waals surface area contributed by atoms with Gasteiger partial charge < -0.3 is 20.3 Å². The van der Waals surface area contributed by atoms with Gasteiger partial charge in [-0.3, -0.25) is 9.59 Å². The van der Waals surface area contributed by atoms with Crippen LogP contribution in [-0.4, -0.2) is 47.4 Å². The molecule has 0 aromatic rings. The molecule has 1 amide bonds. The zero-order chi connectivity index (χ0) is 59.9. The number of amides is 1. The molecule has 3 N–H and O–H groups in total. The number of esters is 1. The van der Waals surface area contributed by atoms with Crippen molar-refractivity contribution in [3.63, 3.8) is 0 Å². The Morgan fingerprint density at radius 2 is 0.602 bits per heavy atom. The number of aliphatic hydroxyl groups is 2. The van der Waals surface area contributed by atoms with E-state index in [0.29, 0.717) is 19.4 Å². The van der Waals surface area contributed by atoms with Crippen molar-refractivity contribution >= 4 is 11.9 Å². The molecule has 488 valence electrons. The van der Waals surface area contributed by atoms with Gasteiger partial charge >= 0.3 is 5.97 Å². The summed E-state index contributed by atoms with van der Waals surface area (Å²) in [6.45, 7) is 4.90. The van der Waals surface area contributed by atoms with Gasteiger partial charge in [-0.1, -0.05) is 351 Å². The smallest absolute Gasteiger partial charge is 0.305 e. The Hall–Kier alpha value is -2.18.